The Labute approximate surface area is 125 Å². The maximum absolute atomic E-state index is 5.50. The SMILES string of the molecule is CCCCOOC(C)CCC(OOCCCC)C(C)C. The molecule has 0 amide bonds. The van der Waals surface area contributed by atoms with Crippen LogP contribution in [0.5, 0.6) is 0 Å². The summed E-state index contributed by atoms with van der Waals surface area (Å²) >= 11 is 0. The van der Waals surface area contributed by atoms with E-state index in [4.69, 9.17) is 19.6 Å². The molecule has 0 aromatic heterocycles. The monoisotopic (exact) mass is 290 g/mol. The highest BCUT2D eigenvalue weighted by atomic mass is 17.2. The molecule has 20 heavy (non-hydrogen) atoms. The van der Waals surface area contributed by atoms with E-state index in [-0.39, 0.29) is 12.2 Å². The summed E-state index contributed by atoms with van der Waals surface area (Å²) in [5.74, 6) is 0.435. The van der Waals surface area contributed by atoms with Gasteiger partial charge in [0, 0.05) is 0 Å². The van der Waals surface area contributed by atoms with E-state index >= 15 is 0 Å². The Hall–Kier alpha value is -0.160. The second kappa shape index (κ2) is 13.8. The first-order valence-corrected chi connectivity index (χ1v) is 8.18. The molecule has 0 rings (SSSR count). The molecule has 2 unspecified atom stereocenters. The van der Waals surface area contributed by atoms with Gasteiger partial charge in [0.1, 0.15) is 0 Å². The normalized spacial score (nSPS) is 14.7. The molecule has 0 aromatic rings. The molecule has 0 aromatic carbocycles. The zero-order valence-corrected chi connectivity index (χ0v) is 14.0. The van der Waals surface area contributed by atoms with E-state index in [2.05, 4.69) is 27.7 Å². The van der Waals surface area contributed by atoms with Crippen molar-refractivity contribution < 1.29 is 19.6 Å². The van der Waals surface area contributed by atoms with Crippen LogP contribution in [0.4, 0.5) is 0 Å². The summed E-state index contributed by atoms with van der Waals surface area (Å²) in [5.41, 5.74) is 0. The van der Waals surface area contributed by atoms with E-state index in [1.165, 1.54) is 0 Å². The van der Waals surface area contributed by atoms with Crippen molar-refractivity contribution in [2.75, 3.05) is 13.2 Å². The molecule has 0 aliphatic rings. The first-order valence-electron chi connectivity index (χ1n) is 8.18. The zero-order valence-electron chi connectivity index (χ0n) is 14.0. The Morgan fingerprint density at radius 2 is 1.30 bits per heavy atom. The van der Waals surface area contributed by atoms with Gasteiger partial charge in [-0.2, -0.15) is 0 Å². The first kappa shape index (κ1) is 19.8. The van der Waals surface area contributed by atoms with E-state index in [0.29, 0.717) is 19.1 Å². The van der Waals surface area contributed by atoms with Crippen molar-refractivity contribution in [3.8, 4) is 0 Å². The molecule has 122 valence electrons. The summed E-state index contributed by atoms with van der Waals surface area (Å²) in [5, 5.41) is 0. The second-order valence-electron chi connectivity index (χ2n) is 5.71. The average molecular weight is 290 g/mol. The second-order valence-corrected chi connectivity index (χ2v) is 5.71. The van der Waals surface area contributed by atoms with Crippen LogP contribution in [0.15, 0.2) is 0 Å². The van der Waals surface area contributed by atoms with Gasteiger partial charge >= 0.3 is 0 Å². The van der Waals surface area contributed by atoms with Crippen LogP contribution in [0.25, 0.3) is 0 Å². The summed E-state index contributed by atoms with van der Waals surface area (Å²) in [6.45, 7) is 11.9. The van der Waals surface area contributed by atoms with Crippen molar-refractivity contribution in [1.29, 1.82) is 0 Å². The lowest BCUT2D eigenvalue weighted by Gasteiger charge is -2.21. The lowest BCUT2D eigenvalue weighted by Crippen LogP contribution is -2.23. The van der Waals surface area contributed by atoms with Crippen LogP contribution < -0.4 is 0 Å². The molecular weight excluding hydrogens is 256 g/mol. The molecule has 0 aliphatic carbocycles. The summed E-state index contributed by atoms with van der Waals surface area (Å²) in [6.07, 6.45) is 6.35. The van der Waals surface area contributed by atoms with Crippen molar-refractivity contribution in [1.82, 2.24) is 0 Å². The molecule has 0 N–H and O–H groups in total. The fraction of sp³-hybridized carbons (Fsp3) is 1.00. The Balaban J connectivity index is 3.72. The van der Waals surface area contributed by atoms with Crippen molar-refractivity contribution in [2.24, 2.45) is 5.92 Å². The number of rotatable bonds is 14. The van der Waals surface area contributed by atoms with Gasteiger partial charge in [-0.05, 0) is 38.5 Å². The van der Waals surface area contributed by atoms with Gasteiger partial charge in [0.25, 0.3) is 0 Å². The third-order valence-electron chi connectivity index (χ3n) is 3.19. The first-order chi connectivity index (χ1) is 9.61. The minimum absolute atomic E-state index is 0.0901. The number of unbranched alkanes of at least 4 members (excludes halogenated alkanes) is 2. The van der Waals surface area contributed by atoms with Crippen LogP contribution in [0, 0.1) is 5.92 Å². The Morgan fingerprint density at radius 3 is 1.80 bits per heavy atom. The van der Waals surface area contributed by atoms with Crippen LogP contribution in [0.3, 0.4) is 0 Å². The van der Waals surface area contributed by atoms with Gasteiger partial charge in [-0.3, -0.25) is 0 Å². The van der Waals surface area contributed by atoms with Crippen molar-refractivity contribution in [3.63, 3.8) is 0 Å². The molecule has 0 spiro atoms. The predicted molar refractivity (Wildman–Crippen MR) is 81.2 cm³/mol. The highest BCUT2D eigenvalue weighted by Gasteiger charge is 2.17. The fourth-order valence-corrected chi connectivity index (χ4v) is 1.65. The largest absolute Gasteiger partial charge is 0.236 e. The molecule has 0 fully saturated rings. The number of hydrogen-bond acceptors (Lipinski definition) is 4. The minimum Gasteiger partial charge on any atom is -0.236 e. The van der Waals surface area contributed by atoms with E-state index in [9.17, 15) is 0 Å². The smallest absolute Gasteiger partial charge is 0.0953 e. The van der Waals surface area contributed by atoms with Crippen molar-refractivity contribution in [3.05, 3.63) is 0 Å². The molecule has 0 radical (unpaired) electrons. The molecule has 0 saturated carbocycles. The van der Waals surface area contributed by atoms with E-state index in [1.807, 2.05) is 6.92 Å². The molecule has 4 nitrogen and oxygen atoms in total. The molecule has 0 aliphatic heterocycles. The fourth-order valence-electron chi connectivity index (χ4n) is 1.65. The minimum atomic E-state index is 0.0901. The van der Waals surface area contributed by atoms with Crippen LogP contribution in [-0.4, -0.2) is 25.4 Å². The summed E-state index contributed by atoms with van der Waals surface area (Å²) in [4.78, 5) is 21.3. The Kier molecular flexibility index (Phi) is 13.7. The van der Waals surface area contributed by atoms with Gasteiger partial charge in [0.2, 0.25) is 0 Å². The molecule has 0 saturated heterocycles. The summed E-state index contributed by atoms with van der Waals surface area (Å²) < 4.78 is 0. The van der Waals surface area contributed by atoms with Crippen LogP contribution in [0.1, 0.15) is 73.1 Å². The summed E-state index contributed by atoms with van der Waals surface area (Å²) in [6, 6.07) is 0. The van der Waals surface area contributed by atoms with Gasteiger partial charge in [0.05, 0.1) is 25.4 Å². The van der Waals surface area contributed by atoms with Gasteiger partial charge in [0.15, 0.2) is 0 Å². The van der Waals surface area contributed by atoms with Crippen LogP contribution >= 0.6 is 0 Å². The Bertz CT molecular complexity index is 197. The van der Waals surface area contributed by atoms with Crippen LogP contribution in [-0.2, 0) is 19.6 Å². The van der Waals surface area contributed by atoms with Gasteiger partial charge in [-0.1, -0.05) is 40.5 Å². The zero-order chi connectivity index (χ0) is 15.2. The maximum atomic E-state index is 5.50. The molecule has 0 heterocycles. The van der Waals surface area contributed by atoms with E-state index in [0.717, 1.165) is 38.5 Å². The van der Waals surface area contributed by atoms with Crippen molar-refractivity contribution >= 4 is 0 Å². The molecule has 0 bridgehead atoms. The third kappa shape index (κ3) is 11.6. The van der Waals surface area contributed by atoms with E-state index in [1.54, 1.807) is 0 Å². The standard InChI is InChI=1S/C16H34O4/c1-6-8-12-17-19-15(5)10-11-16(14(3)4)20-18-13-9-7-2/h14-16H,6-13H2,1-5H3. The highest BCUT2D eigenvalue weighted by molar-refractivity contribution is 4.63. The highest BCUT2D eigenvalue weighted by Crippen LogP contribution is 2.16. The quantitative estimate of drug-likeness (QED) is 0.264. The van der Waals surface area contributed by atoms with Gasteiger partial charge in [-0.15, -0.1) is 0 Å². The predicted octanol–water partition coefficient (Wildman–Crippen LogP) is 4.68. The third-order valence-corrected chi connectivity index (χ3v) is 3.19. The van der Waals surface area contributed by atoms with Gasteiger partial charge < -0.3 is 0 Å². The lowest BCUT2D eigenvalue weighted by atomic mass is 10.0. The van der Waals surface area contributed by atoms with Crippen LogP contribution in [0.2, 0.25) is 0 Å². The molecular formula is C16H34O4. The average Bonchev–Trinajstić information content (AvgIpc) is 2.42. The van der Waals surface area contributed by atoms with Gasteiger partial charge in [-0.25, -0.2) is 19.6 Å². The maximum Gasteiger partial charge on any atom is 0.0953 e. The molecule has 2 atom stereocenters. The summed E-state index contributed by atoms with van der Waals surface area (Å²) in [7, 11) is 0. The Morgan fingerprint density at radius 1 is 0.750 bits per heavy atom. The number of hydrogen-bond donors (Lipinski definition) is 0. The molecule has 4 heteroatoms. The van der Waals surface area contributed by atoms with Crippen molar-refractivity contribution in [2.45, 2.75) is 85.4 Å². The van der Waals surface area contributed by atoms with E-state index < -0.39 is 0 Å². The topological polar surface area (TPSA) is 36.9 Å². The lowest BCUT2D eigenvalue weighted by molar-refractivity contribution is -0.340.